The minimum absolute atomic E-state index is 0.0447. The second kappa shape index (κ2) is 57.1. The van der Waals surface area contributed by atoms with Crippen molar-refractivity contribution in [1.82, 2.24) is 0 Å². The summed E-state index contributed by atoms with van der Waals surface area (Å²) in [5.41, 5.74) is 0. The van der Waals surface area contributed by atoms with E-state index in [-0.39, 0.29) is 12.8 Å². The van der Waals surface area contributed by atoms with Crippen molar-refractivity contribution in [2.45, 2.75) is 427 Å². The van der Waals surface area contributed by atoms with Crippen molar-refractivity contribution < 1.29 is 212 Å². The van der Waals surface area contributed by atoms with Crippen molar-refractivity contribution in [3.05, 3.63) is 24.3 Å². The van der Waals surface area contributed by atoms with Gasteiger partial charge in [0.25, 0.3) is 0 Å². The number of hydrogen-bond acceptors (Lipinski definition) is 42. The molecule has 0 aromatic carbocycles. The average Bonchev–Trinajstić information content (AvgIpc) is 0.757. The maximum Gasteiger partial charge on any atom is 0.472 e. The fraction of sp³-hybridized carbons (Fsp3) is 0.927. The molecule has 6 aliphatic heterocycles. The lowest BCUT2D eigenvalue weighted by Gasteiger charge is -2.49. The van der Waals surface area contributed by atoms with Crippen molar-refractivity contribution in [2.24, 2.45) is 0 Å². The van der Waals surface area contributed by atoms with Crippen molar-refractivity contribution in [1.29, 1.82) is 0 Å². The van der Waals surface area contributed by atoms with Crippen LogP contribution in [0, 0.1) is 0 Å². The Morgan fingerprint density at radius 1 is 0.310 bits per heavy atom. The SMILES string of the molecule is CCCCCCCC/C=C\CCCCCCCC(=O)O[C@H](COC(=O)CCCCCCC/C=C\CCCCCCCCC)COP(=O)(O)O[C@@H]1C(O[C@@H]2OC(CO[C@@H]3OC(CO[C@@H]4OC(CO[C@@H]5OC(CO[C@@H]6OC(CO)[C@H](O)C(O)[C@@H]6O)[C@H](O)C(O)[C@@H]5O)[C@H](O)C(O)[C@@H]4O)[C@H](O)C(O)[C@@H]3O)[C@H](O)C(O)[C@@H]2O)C(O)[C@@H](O)C(O)[C@H]1O[C@H]1OC(CO)[C@@H](O)C(O)[C@H]1O. The standard InChI is InChI=1S/C82H145O43P/c1-3-5-7-9-11-13-15-17-19-21-22-24-26-28-30-32-34-51(85)110-38-44(116-52(86)35-33-31-29-27-25-23-20-18-16-14-12-10-8-6-4-2)39-115-126(108,109)125-76-74(123-81-72(106)60(94)54(88)46(37-84)118-81)66(100)65(99)67(101)75(76)124-82-73(107)64(98)58(92)50(122-82)43-114-80-71(105)63(97)57(91)49(121-80)42-113-79-70(104)62(96)56(90)48(120-79)41-112-78-69(103)61(95)55(89)47(119-78)40-111-77-68(102)59(93)53(87)45(36-83)117-77/h18-21,44-50,53-84,87-107H,3-17,22-43H2,1-2H3,(H,108,109)/b20-18-,21-19-/t44-,45?,46?,47?,48?,49?,50?,53+,54-,55+,56+,57+,58+,59?,60?,61?,62?,63?,64?,65+,66?,67?,68+,69+,70+,71+,72-,73+,74-,75?,76+,77-,78-,79-,80-,81-,82+/m1/s1. The zero-order valence-electron chi connectivity index (χ0n) is 71.8. The first-order valence-corrected chi connectivity index (χ1v) is 46.2. The van der Waals surface area contributed by atoms with E-state index in [1.807, 2.05) is 0 Å². The first-order chi connectivity index (χ1) is 60.2. The number of phosphoric ester groups is 1. The predicted octanol–water partition coefficient (Wildman–Crippen LogP) is -3.83. The summed E-state index contributed by atoms with van der Waals surface area (Å²) in [7, 11) is -5.89. The smallest absolute Gasteiger partial charge is 0.462 e. The molecule has 24 N–H and O–H groups in total. The third kappa shape index (κ3) is 33.6. The van der Waals surface area contributed by atoms with Gasteiger partial charge in [0.2, 0.25) is 0 Å². The molecular weight excluding hydrogens is 1700 g/mol. The average molecular weight is 1850 g/mol. The van der Waals surface area contributed by atoms with Gasteiger partial charge in [-0.3, -0.25) is 18.6 Å². The number of carbonyl (C=O) groups excluding carboxylic acids is 2. The highest BCUT2D eigenvalue weighted by Crippen LogP contribution is 2.49. The summed E-state index contributed by atoms with van der Waals surface area (Å²) < 4.78 is 104. The number of allylic oxidation sites excluding steroid dienone is 4. The zero-order valence-corrected chi connectivity index (χ0v) is 72.7. The zero-order chi connectivity index (χ0) is 92.3. The topological polar surface area (TPSA) is 684 Å². The Kier molecular flexibility index (Phi) is 49.9. The van der Waals surface area contributed by atoms with Gasteiger partial charge in [0, 0.05) is 12.8 Å². The summed E-state index contributed by atoms with van der Waals surface area (Å²) in [4.78, 5) is 38.5. The monoisotopic (exact) mass is 1850 g/mol. The second-order valence-corrected chi connectivity index (χ2v) is 35.0. The normalized spacial score (nSPS) is 39.1. The van der Waals surface area contributed by atoms with Gasteiger partial charge < -0.3 is 189 Å². The molecule has 0 aromatic heterocycles. The number of phosphoric acid groups is 1. The van der Waals surface area contributed by atoms with Crippen molar-refractivity contribution >= 4 is 19.8 Å². The minimum Gasteiger partial charge on any atom is -0.462 e. The first kappa shape index (κ1) is 110. The van der Waals surface area contributed by atoms with Crippen LogP contribution in [0.3, 0.4) is 0 Å². The van der Waals surface area contributed by atoms with Crippen LogP contribution in [0.2, 0.25) is 0 Å². The van der Waals surface area contributed by atoms with E-state index in [1.54, 1.807) is 0 Å². The number of rotatable bonds is 57. The van der Waals surface area contributed by atoms with Crippen LogP contribution < -0.4 is 0 Å². The Morgan fingerprint density at radius 2 is 0.571 bits per heavy atom. The van der Waals surface area contributed by atoms with Crippen molar-refractivity contribution in [3.8, 4) is 0 Å². The number of ether oxygens (including phenoxy) is 14. The summed E-state index contributed by atoms with van der Waals surface area (Å²) in [5.74, 6) is -1.52. The van der Waals surface area contributed by atoms with Crippen LogP contribution in [0.4, 0.5) is 0 Å². The van der Waals surface area contributed by atoms with Gasteiger partial charge in [-0.15, -0.1) is 0 Å². The van der Waals surface area contributed by atoms with E-state index >= 15 is 0 Å². The van der Waals surface area contributed by atoms with E-state index in [9.17, 15) is 136 Å². The lowest BCUT2D eigenvalue weighted by molar-refractivity contribution is -0.365. The van der Waals surface area contributed by atoms with E-state index in [4.69, 9.17) is 75.4 Å². The van der Waals surface area contributed by atoms with Gasteiger partial charge >= 0.3 is 19.8 Å². The van der Waals surface area contributed by atoms with Crippen molar-refractivity contribution in [3.63, 3.8) is 0 Å². The third-order valence-corrected chi connectivity index (χ3v) is 24.6. The summed E-state index contributed by atoms with van der Waals surface area (Å²) in [6, 6.07) is 0. The summed E-state index contributed by atoms with van der Waals surface area (Å²) in [6.45, 7) is -2.93. The predicted molar refractivity (Wildman–Crippen MR) is 431 cm³/mol. The molecule has 44 heteroatoms. The number of aliphatic hydroxyl groups is 23. The van der Waals surface area contributed by atoms with Crippen LogP contribution in [-0.4, -0.2) is 414 Å². The highest BCUT2D eigenvalue weighted by Gasteiger charge is 2.60. The highest BCUT2D eigenvalue weighted by molar-refractivity contribution is 7.47. The van der Waals surface area contributed by atoms with Gasteiger partial charge in [0.05, 0.1) is 46.2 Å². The number of carbonyl (C=O) groups is 2. The maximum atomic E-state index is 14.5. The molecule has 16 unspecified atom stereocenters. The quantitative estimate of drug-likeness (QED) is 0.0120. The van der Waals surface area contributed by atoms with E-state index in [1.165, 1.54) is 70.6 Å². The number of hydrogen-bond donors (Lipinski definition) is 24. The van der Waals surface area contributed by atoms with Gasteiger partial charge in [-0.25, -0.2) is 4.57 Å². The van der Waals surface area contributed by atoms with Crippen LogP contribution in [0.15, 0.2) is 24.3 Å². The summed E-state index contributed by atoms with van der Waals surface area (Å²) >= 11 is 0. The fourth-order valence-electron chi connectivity index (χ4n) is 15.6. The molecule has 7 rings (SSSR count). The number of esters is 2. The molecule has 6 saturated heterocycles. The van der Waals surface area contributed by atoms with Gasteiger partial charge in [-0.2, -0.15) is 0 Å². The van der Waals surface area contributed by atoms with E-state index in [0.29, 0.717) is 25.7 Å². The Hall–Kier alpha value is -2.87. The lowest BCUT2D eigenvalue weighted by Crippen LogP contribution is -2.69. The van der Waals surface area contributed by atoms with E-state index in [2.05, 4.69) is 38.2 Å². The van der Waals surface area contributed by atoms with Crippen molar-refractivity contribution in [2.75, 3.05) is 52.9 Å². The Balaban J connectivity index is 0.998. The Bertz CT molecular complexity index is 3080. The Morgan fingerprint density at radius 3 is 0.897 bits per heavy atom. The molecule has 7 aliphatic rings. The van der Waals surface area contributed by atoms with Crippen LogP contribution in [-0.2, 0) is 89.5 Å². The molecule has 0 bridgehead atoms. The van der Waals surface area contributed by atoms with Gasteiger partial charge in [0.1, 0.15) is 190 Å². The fourth-order valence-corrected chi connectivity index (χ4v) is 16.6. The van der Waals surface area contributed by atoms with Crippen LogP contribution in [0.5, 0.6) is 0 Å². The molecule has 1 aliphatic carbocycles. The molecule has 7 fully saturated rings. The molecule has 43 nitrogen and oxygen atoms in total. The van der Waals surface area contributed by atoms with E-state index in [0.717, 1.165) is 77.0 Å². The number of aliphatic hydroxyl groups excluding tert-OH is 23. The van der Waals surface area contributed by atoms with Gasteiger partial charge in [-0.1, -0.05) is 147 Å². The third-order valence-electron chi connectivity index (χ3n) is 23.6. The lowest BCUT2D eigenvalue weighted by atomic mass is 9.84. The van der Waals surface area contributed by atoms with E-state index < -0.39 is 300 Å². The van der Waals surface area contributed by atoms with Gasteiger partial charge in [-0.05, 0) is 64.2 Å². The molecule has 6 heterocycles. The minimum atomic E-state index is -5.89. The summed E-state index contributed by atoms with van der Waals surface area (Å²) in [6.07, 6.45) is -41.2. The van der Waals surface area contributed by atoms with Gasteiger partial charge in [0.15, 0.2) is 43.8 Å². The molecule has 736 valence electrons. The molecule has 0 radical (unpaired) electrons. The molecule has 0 aromatic rings. The largest absolute Gasteiger partial charge is 0.472 e. The molecule has 126 heavy (non-hydrogen) atoms. The molecule has 0 amide bonds. The maximum absolute atomic E-state index is 14.5. The Labute approximate surface area is 733 Å². The van der Waals surface area contributed by atoms with Crippen LogP contribution in [0.25, 0.3) is 0 Å². The molecule has 1 saturated carbocycles. The molecule has 38 atom stereocenters. The van der Waals surface area contributed by atoms with Crippen LogP contribution >= 0.6 is 7.82 Å². The number of unbranched alkanes of at least 4 members (excludes halogenated alkanes) is 23. The van der Waals surface area contributed by atoms with Crippen LogP contribution in [0.1, 0.15) is 200 Å². The second-order valence-electron chi connectivity index (χ2n) is 33.6. The summed E-state index contributed by atoms with van der Waals surface area (Å²) in [5, 5.41) is 251. The molecular formula is C82H145O43P. The molecule has 0 spiro atoms. The first-order valence-electron chi connectivity index (χ1n) is 44.7. The highest BCUT2D eigenvalue weighted by atomic mass is 31.2.